The number of piperidine rings is 1. The number of carbonyl (C=O) groups excluding carboxylic acids is 2. The Morgan fingerprint density at radius 2 is 1.85 bits per heavy atom. The summed E-state index contributed by atoms with van der Waals surface area (Å²) in [6, 6.07) is 12.1. The Balaban J connectivity index is 1.41. The Morgan fingerprint density at radius 1 is 1.06 bits per heavy atom. The van der Waals surface area contributed by atoms with Crippen LogP contribution in [0.5, 0.6) is 0 Å². The molecule has 178 valence electrons. The zero-order chi connectivity index (χ0) is 23.5. The first-order chi connectivity index (χ1) is 16.6. The van der Waals surface area contributed by atoms with Gasteiger partial charge < -0.3 is 10.2 Å². The van der Waals surface area contributed by atoms with E-state index < -0.39 is 0 Å². The van der Waals surface area contributed by atoms with Gasteiger partial charge in [0.2, 0.25) is 5.91 Å². The van der Waals surface area contributed by atoms with Crippen molar-refractivity contribution in [2.45, 2.75) is 64.5 Å². The second-order valence-electron chi connectivity index (χ2n) is 9.55. The molecule has 1 aromatic carbocycles. The average molecular weight is 460 g/mol. The molecule has 1 saturated heterocycles. The molecule has 1 saturated carbocycles. The fourth-order valence-corrected chi connectivity index (χ4v) is 5.32. The van der Waals surface area contributed by atoms with Crippen molar-refractivity contribution in [1.29, 1.82) is 0 Å². The highest BCUT2D eigenvalue weighted by molar-refractivity contribution is 6.06. The minimum absolute atomic E-state index is 0.0459. The van der Waals surface area contributed by atoms with E-state index in [1.165, 1.54) is 19.3 Å². The van der Waals surface area contributed by atoms with Crippen molar-refractivity contribution in [3.05, 3.63) is 48.2 Å². The summed E-state index contributed by atoms with van der Waals surface area (Å²) in [4.78, 5) is 33.5. The Labute approximate surface area is 200 Å². The maximum absolute atomic E-state index is 13.8. The molecule has 5 rings (SSSR count). The third kappa shape index (κ3) is 4.56. The van der Waals surface area contributed by atoms with Gasteiger partial charge in [0.25, 0.3) is 5.91 Å². The largest absolute Gasteiger partial charge is 0.353 e. The zero-order valence-electron chi connectivity index (χ0n) is 19.9. The number of hydrogen-bond donors (Lipinski definition) is 1. The number of aromatic nitrogens is 3. The number of benzene rings is 1. The third-order valence-corrected chi connectivity index (χ3v) is 7.24. The van der Waals surface area contributed by atoms with Crippen LogP contribution in [0.25, 0.3) is 22.3 Å². The smallest absolute Gasteiger partial charge is 0.254 e. The molecular weight excluding hydrogens is 426 g/mol. The number of nitrogens with one attached hydrogen (secondary N) is 1. The van der Waals surface area contributed by atoms with E-state index in [4.69, 9.17) is 4.98 Å². The van der Waals surface area contributed by atoms with Gasteiger partial charge in [0.1, 0.15) is 0 Å². The summed E-state index contributed by atoms with van der Waals surface area (Å²) in [5.74, 6) is -0.0904. The highest BCUT2D eigenvalue weighted by Crippen LogP contribution is 2.28. The maximum Gasteiger partial charge on any atom is 0.254 e. The van der Waals surface area contributed by atoms with E-state index in [9.17, 15) is 9.59 Å². The van der Waals surface area contributed by atoms with Crippen LogP contribution in [-0.2, 0) is 11.3 Å². The number of rotatable bonds is 5. The first-order valence-corrected chi connectivity index (χ1v) is 12.7. The number of aryl methyl sites for hydroxylation is 1. The van der Waals surface area contributed by atoms with Crippen LogP contribution in [0.4, 0.5) is 0 Å². The quantitative estimate of drug-likeness (QED) is 0.613. The van der Waals surface area contributed by atoms with Crippen LogP contribution in [0, 0.1) is 5.92 Å². The molecule has 1 atom stereocenters. The maximum atomic E-state index is 13.8. The number of pyridine rings is 1. The highest BCUT2D eigenvalue weighted by Gasteiger charge is 2.31. The summed E-state index contributed by atoms with van der Waals surface area (Å²) in [6.07, 6.45) is 9.18. The van der Waals surface area contributed by atoms with Crippen molar-refractivity contribution in [2.75, 3.05) is 13.1 Å². The Morgan fingerprint density at radius 3 is 2.62 bits per heavy atom. The van der Waals surface area contributed by atoms with E-state index in [0.29, 0.717) is 31.2 Å². The van der Waals surface area contributed by atoms with Crippen LogP contribution >= 0.6 is 0 Å². The lowest BCUT2D eigenvalue weighted by Crippen LogP contribution is -2.48. The van der Waals surface area contributed by atoms with Gasteiger partial charge in [-0.3, -0.25) is 9.59 Å². The first-order valence-electron chi connectivity index (χ1n) is 12.7. The molecule has 1 unspecified atom stereocenters. The molecule has 2 amide bonds. The molecule has 1 N–H and O–H groups in total. The molecule has 0 radical (unpaired) electrons. The lowest BCUT2D eigenvalue weighted by atomic mass is 9.92. The topological polar surface area (TPSA) is 80.1 Å². The summed E-state index contributed by atoms with van der Waals surface area (Å²) in [5, 5.41) is 8.49. The van der Waals surface area contributed by atoms with Crippen molar-refractivity contribution in [3.63, 3.8) is 0 Å². The second kappa shape index (κ2) is 9.95. The van der Waals surface area contributed by atoms with Gasteiger partial charge in [-0.05, 0) is 38.7 Å². The molecule has 2 aliphatic rings. The number of carbonyl (C=O) groups is 2. The molecule has 3 aromatic rings. The van der Waals surface area contributed by atoms with Crippen molar-refractivity contribution in [3.8, 4) is 11.3 Å². The molecule has 7 nitrogen and oxygen atoms in total. The van der Waals surface area contributed by atoms with Crippen LogP contribution in [0.2, 0.25) is 0 Å². The molecule has 2 fully saturated rings. The molecule has 0 bridgehead atoms. The van der Waals surface area contributed by atoms with Crippen LogP contribution in [0.1, 0.15) is 62.2 Å². The monoisotopic (exact) mass is 459 g/mol. The third-order valence-electron chi connectivity index (χ3n) is 7.24. The SMILES string of the molecule is CCn1ncc2c(C(=O)N3CCCC(C(=O)NC4CCCCC4)C3)cc(-c3ccccc3)nc21. The first kappa shape index (κ1) is 22.6. The van der Waals surface area contributed by atoms with Gasteiger partial charge in [-0.25, -0.2) is 9.67 Å². The van der Waals surface area contributed by atoms with Crippen LogP contribution in [0.3, 0.4) is 0 Å². The normalized spacial score (nSPS) is 19.3. The van der Waals surface area contributed by atoms with Gasteiger partial charge in [0, 0.05) is 31.2 Å². The lowest BCUT2D eigenvalue weighted by molar-refractivity contribution is -0.127. The van der Waals surface area contributed by atoms with Gasteiger partial charge >= 0.3 is 0 Å². The zero-order valence-corrected chi connectivity index (χ0v) is 19.9. The summed E-state index contributed by atoms with van der Waals surface area (Å²) >= 11 is 0. The number of likely N-dealkylation sites (tertiary alicyclic amines) is 1. The predicted molar refractivity (Wildman–Crippen MR) is 132 cm³/mol. The van der Waals surface area contributed by atoms with Crippen LogP contribution < -0.4 is 5.32 Å². The van der Waals surface area contributed by atoms with E-state index >= 15 is 0 Å². The van der Waals surface area contributed by atoms with E-state index in [0.717, 1.165) is 48.0 Å². The summed E-state index contributed by atoms with van der Waals surface area (Å²) in [5.41, 5.74) is 3.05. The van der Waals surface area contributed by atoms with Crippen molar-refractivity contribution in [1.82, 2.24) is 25.0 Å². The molecule has 2 aromatic heterocycles. The van der Waals surface area contributed by atoms with Crippen LogP contribution in [0.15, 0.2) is 42.6 Å². The fourth-order valence-electron chi connectivity index (χ4n) is 5.32. The van der Waals surface area contributed by atoms with E-state index in [2.05, 4.69) is 10.4 Å². The molecule has 1 aliphatic carbocycles. The summed E-state index contributed by atoms with van der Waals surface area (Å²) < 4.78 is 1.83. The van der Waals surface area contributed by atoms with E-state index in [1.54, 1.807) is 6.20 Å². The number of hydrogen-bond acceptors (Lipinski definition) is 4. The summed E-state index contributed by atoms with van der Waals surface area (Å²) in [6.45, 7) is 3.82. The Kier molecular flexibility index (Phi) is 6.61. The van der Waals surface area contributed by atoms with E-state index in [1.807, 2.05) is 52.9 Å². The Bertz CT molecular complexity index is 1170. The van der Waals surface area contributed by atoms with Crippen molar-refractivity contribution >= 4 is 22.8 Å². The number of nitrogens with zero attached hydrogens (tertiary/aromatic N) is 4. The number of amides is 2. The summed E-state index contributed by atoms with van der Waals surface area (Å²) in [7, 11) is 0. The minimum atomic E-state index is -0.149. The average Bonchev–Trinajstić information content (AvgIpc) is 3.32. The molecule has 1 aliphatic heterocycles. The Hall–Kier alpha value is -3.22. The van der Waals surface area contributed by atoms with E-state index in [-0.39, 0.29) is 17.7 Å². The van der Waals surface area contributed by atoms with Gasteiger partial charge in [0.15, 0.2) is 5.65 Å². The highest BCUT2D eigenvalue weighted by atomic mass is 16.2. The predicted octanol–water partition coefficient (Wildman–Crippen LogP) is 4.42. The van der Waals surface area contributed by atoms with Crippen LogP contribution in [-0.4, -0.2) is 50.6 Å². The molecule has 7 heteroatoms. The molecular formula is C27H33N5O2. The van der Waals surface area contributed by atoms with Crippen molar-refractivity contribution < 1.29 is 9.59 Å². The van der Waals surface area contributed by atoms with Gasteiger partial charge in [-0.1, -0.05) is 49.6 Å². The molecule has 0 spiro atoms. The van der Waals surface area contributed by atoms with Gasteiger partial charge in [0.05, 0.1) is 28.8 Å². The number of fused-ring (bicyclic) bond motifs is 1. The van der Waals surface area contributed by atoms with Crippen molar-refractivity contribution in [2.24, 2.45) is 5.92 Å². The lowest BCUT2D eigenvalue weighted by Gasteiger charge is -2.33. The molecule has 34 heavy (non-hydrogen) atoms. The van der Waals surface area contributed by atoms with Gasteiger partial charge in [-0.2, -0.15) is 5.10 Å². The fraction of sp³-hybridized carbons (Fsp3) is 0.481. The second-order valence-corrected chi connectivity index (χ2v) is 9.55. The van der Waals surface area contributed by atoms with Gasteiger partial charge in [-0.15, -0.1) is 0 Å². The molecule has 3 heterocycles. The standard InChI is InChI=1S/C27H33N5O2/c1-2-32-25-23(17-28-32)22(16-24(30-25)19-10-5-3-6-11-19)27(34)31-15-9-12-20(18-31)26(33)29-21-13-7-4-8-14-21/h3,5-6,10-11,16-17,20-21H,2,4,7-9,12-15,18H2,1H3,(H,29,33). The minimum Gasteiger partial charge on any atom is -0.353 e.